The van der Waals surface area contributed by atoms with Gasteiger partial charge in [-0.2, -0.15) is 0 Å². The first-order valence-electron chi connectivity index (χ1n) is 8.63. The molecule has 23 heavy (non-hydrogen) atoms. The molecule has 2 fully saturated rings. The summed E-state index contributed by atoms with van der Waals surface area (Å²) in [6, 6.07) is 4.29. The number of nitrogens with one attached hydrogen (secondary N) is 3. The van der Waals surface area contributed by atoms with Crippen LogP contribution in [0.3, 0.4) is 0 Å². The molecule has 2 aliphatic heterocycles. The quantitative estimate of drug-likeness (QED) is 0.762. The average molecular weight is 317 g/mol. The highest BCUT2D eigenvalue weighted by Gasteiger charge is 2.32. The number of likely N-dealkylation sites (tertiary alicyclic amines) is 1. The normalized spacial score (nSPS) is 26.3. The van der Waals surface area contributed by atoms with Crippen LogP contribution in [-0.2, 0) is 4.79 Å². The Morgan fingerprint density at radius 3 is 2.91 bits per heavy atom. The first-order valence-corrected chi connectivity index (χ1v) is 8.63. The lowest BCUT2D eigenvalue weighted by Gasteiger charge is -2.35. The van der Waals surface area contributed by atoms with E-state index in [1.165, 1.54) is 12.8 Å². The first-order chi connectivity index (χ1) is 11.2. The van der Waals surface area contributed by atoms with Crippen molar-refractivity contribution in [2.75, 3.05) is 31.5 Å². The van der Waals surface area contributed by atoms with E-state index in [1.54, 1.807) is 12.4 Å². The average Bonchev–Trinajstić information content (AvgIpc) is 3.00. The van der Waals surface area contributed by atoms with Crippen molar-refractivity contribution in [2.24, 2.45) is 11.8 Å². The molecule has 0 radical (unpaired) electrons. The third kappa shape index (κ3) is 4.50. The second-order valence-electron chi connectivity index (χ2n) is 6.75. The van der Waals surface area contributed by atoms with E-state index in [4.69, 9.17) is 0 Å². The summed E-state index contributed by atoms with van der Waals surface area (Å²) in [7, 11) is 0. The molecule has 2 aliphatic rings. The minimum atomic E-state index is 0.0652. The largest absolute Gasteiger partial charge is 0.325 e. The number of amides is 1. The van der Waals surface area contributed by atoms with Crippen LogP contribution in [0, 0.1) is 11.8 Å². The summed E-state index contributed by atoms with van der Waals surface area (Å²) >= 11 is 0. The second kappa shape index (κ2) is 7.86. The topological polar surface area (TPSA) is 69.3 Å². The van der Waals surface area contributed by atoms with Crippen molar-refractivity contribution in [3.8, 4) is 0 Å². The summed E-state index contributed by atoms with van der Waals surface area (Å²) in [4.78, 5) is 18.4. The Bertz CT molecular complexity index is 501. The Kier molecular flexibility index (Phi) is 5.59. The highest BCUT2D eigenvalue weighted by atomic mass is 16.1. The molecule has 1 aromatic rings. The SMILES string of the molecule is CC1CNNC1C1CCN(CCC(=O)Nc2cccnc2)CC1. The number of aromatic nitrogens is 1. The lowest BCUT2D eigenvalue weighted by Crippen LogP contribution is -2.44. The molecule has 1 amide bonds. The van der Waals surface area contributed by atoms with E-state index in [2.05, 4.69) is 33.0 Å². The van der Waals surface area contributed by atoms with E-state index < -0.39 is 0 Å². The second-order valence-corrected chi connectivity index (χ2v) is 6.75. The zero-order valence-corrected chi connectivity index (χ0v) is 13.8. The van der Waals surface area contributed by atoms with Crippen molar-refractivity contribution in [3.63, 3.8) is 0 Å². The Morgan fingerprint density at radius 2 is 2.26 bits per heavy atom. The highest BCUT2D eigenvalue weighted by molar-refractivity contribution is 5.90. The lowest BCUT2D eigenvalue weighted by atomic mass is 9.84. The van der Waals surface area contributed by atoms with Crippen molar-refractivity contribution in [3.05, 3.63) is 24.5 Å². The number of carbonyl (C=O) groups excluding carboxylic acids is 1. The van der Waals surface area contributed by atoms with Crippen LogP contribution < -0.4 is 16.2 Å². The molecule has 0 aliphatic carbocycles. The minimum Gasteiger partial charge on any atom is -0.325 e. The third-order valence-electron chi connectivity index (χ3n) is 5.05. The van der Waals surface area contributed by atoms with Crippen molar-refractivity contribution in [1.29, 1.82) is 0 Å². The molecule has 2 unspecified atom stereocenters. The summed E-state index contributed by atoms with van der Waals surface area (Å²) in [6.45, 7) is 6.41. The predicted octanol–water partition coefficient (Wildman–Crippen LogP) is 1.23. The summed E-state index contributed by atoms with van der Waals surface area (Å²) in [6.07, 6.45) is 6.35. The van der Waals surface area contributed by atoms with Crippen molar-refractivity contribution < 1.29 is 4.79 Å². The Labute approximate surface area is 138 Å². The van der Waals surface area contributed by atoms with Gasteiger partial charge in [-0.3, -0.25) is 20.6 Å². The zero-order chi connectivity index (χ0) is 16.1. The number of pyridine rings is 1. The van der Waals surface area contributed by atoms with Crippen LogP contribution in [-0.4, -0.2) is 48.0 Å². The van der Waals surface area contributed by atoms with Gasteiger partial charge in [-0.1, -0.05) is 6.92 Å². The Morgan fingerprint density at radius 1 is 1.43 bits per heavy atom. The molecule has 0 spiro atoms. The fourth-order valence-corrected chi connectivity index (χ4v) is 3.64. The molecule has 3 rings (SSSR count). The fourth-order valence-electron chi connectivity index (χ4n) is 3.64. The minimum absolute atomic E-state index is 0.0652. The maximum atomic E-state index is 12.0. The molecular formula is C17H27N5O. The van der Waals surface area contributed by atoms with Gasteiger partial charge in [0.1, 0.15) is 0 Å². The molecule has 3 heterocycles. The number of carbonyl (C=O) groups is 1. The van der Waals surface area contributed by atoms with Gasteiger partial charge in [0.2, 0.25) is 5.91 Å². The molecule has 6 nitrogen and oxygen atoms in total. The number of hydrazine groups is 1. The van der Waals surface area contributed by atoms with Crippen LogP contribution in [0.1, 0.15) is 26.2 Å². The Hall–Kier alpha value is -1.50. The maximum absolute atomic E-state index is 12.0. The maximum Gasteiger partial charge on any atom is 0.225 e. The molecule has 0 aromatic carbocycles. The molecule has 0 saturated carbocycles. The molecule has 1 aromatic heterocycles. The van der Waals surface area contributed by atoms with E-state index in [0.29, 0.717) is 18.4 Å². The number of hydrogen-bond acceptors (Lipinski definition) is 5. The molecule has 6 heteroatoms. The molecule has 2 saturated heterocycles. The number of anilines is 1. The number of piperidine rings is 1. The van der Waals surface area contributed by atoms with Crippen LogP contribution in [0.2, 0.25) is 0 Å². The van der Waals surface area contributed by atoms with Crippen LogP contribution in [0.5, 0.6) is 0 Å². The summed E-state index contributed by atoms with van der Waals surface area (Å²) in [5.41, 5.74) is 7.47. The van der Waals surface area contributed by atoms with Crippen molar-refractivity contribution >= 4 is 11.6 Å². The predicted molar refractivity (Wildman–Crippen MR) is 90.7 cm³/mol. The molecule has 3 N–H and O–H groups in total. The van der Waals surface area contributed by atoms with Crippen LogP contribution in [0.4, 0.5) is 5.69 Å². The van der Waals surface area contributed by atoms with Gasteiger partial charge < -0.3 is 10.2 Å². The molecular weight excluding hydrogens is 290 g/mol. The van der Waals surface area contributed by atoms with E-state index in [-0.39, 0.29) is 5.91 Å². The third-order valence-corrected chi connectivity index (χ3v) is 5.05. The summed E-state index contributed by atoms with van der Waals surface area (Å²) in [5, 5.41) is 2.89. The molecule has 0 bridgehead atoms. The summed E-state index contributed by atoms with van der Waals surface area (Å²) < 4.78 is 0. The number of nitrogens with zero attached hydrogens (tertiary/aromatic N) is 2. The van der Waals surface area contributed by atoms with Gasteiger partial charge in [0.05, 0.1) is 11.9 Å². The van der Waals surface area contributed by atoms with E-state index in [0.717, 1.165) is 37.8 Å². The fraction of sp³-hybridized carbons (Fsp3) is 0.647. The van der Waals surface area contributed by atoms with Gasteiger partial charge >= 0.3 is 0 Å². The molecule has 126 valence electrons. The van der Waals surface area contributed by atoms with Gasteiger partial charge in [0, 0.05) is 31.7 Å². The van der Waals surface area contributed by atoms with Crippen molar-refractivity contribution in [2.45, 2.75) is 32.2 Å². The first kappa shape index (κ1) is 16.4. The van der Waals surface area contributed by atoms with E-state index in [9.17, 15) is 4.79 Å². The number of rotatable bonds is 5. The van der Waals surface area contributed by atoms with Crippen LogP contribution >= 0.6 is 0 Å². The lowest BCUT2D eigenvalue weighted by molar-refractivity contribution is -0.116. The Balaban J connectivity index is 1.36. The van der Waals surface area contributed by atoms with Crippen molar-refractivity contribution in [1.82, 2.24) is 20.7 Å². The monoisotopic (exact) mass is 317 g/mol. The smallest absolute Gasteiger partial charge is 0.225 e. The summed E-state index contributed by atoms with van der Waals surface area (Å²) in [5.74, 6) is 1.52. The van der Waals surface area contributed by atoms with Crippen LogP contribution in [0.15, 0.2) is 24.5 Å². The van der Waals surface area contributed by atoms with Crippen LogP contribution in [0.25, 0.3) is 0 Å². The number of hydrogen-bond donors (Lipinski definition) is 3. The van der Waals surface area contributed by atoms with Gasteiger partial charge in [0.25, 0.3) is 0 Å². The zero-order valence-electron chi connectivity index (χ0n) is 13.8. The highest BCUT2D eigenvalue weighted by Crippen LogP contribution is 2.26. The van der Waals surface area contributed by atoms with E-state index >= 15 is 0 Å². The van der Waals surface area contributed by atoms with Gasteiger partial charge in [-0.05, 0) is 49.9 Å². The van der Waals surface area contributed by atoms with Gasteiger partial charge in [-0.15, -0.1) is 0 Å². The van der Waals surface area contributed by atoms with Gasteiger partial charge in [0.15, 0.2) is 0 Å². The van der Waals surface area contributed by atoms with E-state index in [1.807, 2.05) is 12.1 Å². The standard InChI is InChI=1S/C17H27N5O/c1-13-11-19-21-17(13)14-4-8-22(9-5-14)10-6-16(23)20-15-3-2-7-18-12-15/h2-3,7,12-14,17,19,21H,4-6,8-11H2,1H3,(H,20,23). The molecule has 2 atom stereocenters. The van der Waals surface area contributed by atoms with Gasteiger partial charge in [-0.25, -0.2) is 0 Å².